The highest BCUT2D eigenvalue weighted by Gasteiger charge is 2.29. The average molecular weight is 241 g/mol. The van der Waals surface area contributed by atoms with Gasteiger partial charge in [0.2, 0.25) is 0 Å². The molecule has 0 aromatic heterocycles. The molecule has 1 fully saturated rings. The normalized spacial score (nSPS) is 16.7. The highest BCUT2D eigenvalue weighted by atomic mass is 35.5. The fourth-order valence-electron chi connectivity index (χ4n) is 1.47. The second-order valence-electron chi connectivity index (χ2n) is 3.32. The number of amides is 2. The Labute approximate surface area is 96.7 Å². The SMILES string of the molecule is Nc1ccc(Cl)cc1N1C(=O)COCC1=O. The van der Waals surface area contributed by atoms with Gasteiger partial charge in [-0.3, -0.25) is 9.59 Å². The molecule has 1 aliphatic heterocycles. The second kappa shape index (κ2) is 4.11. The number of hydrogen-bond acceptors (Lipinski definition) is 4. The summed E-state index contributed by atoms with van der Waals surface area (Å²) in [5.41, 5.74) is 6.34. The molecule has 1 saturated heterocycles. The maximum Gasteiger partial charge on any atom is 0.259 e. The maximum atomic E-state index is 11.6. The van der Waals surface area contributed by atoms with Crippen LogP contribution in [0, 0.1) is 0 Å². The monoisotopic (exact) mass is 240 g/mol. The molecule has 0 unspecified atom stereocenters. The number of nitrogens with two attached hydrogens (primary N) is 1. The van der Waals surface area contributed by atoms with Crippen LogP contribution < -0.4 is 10.6 Å². The Morgan fingerprint density at radius 2 is 1.88 bits per heavy atom. The van der Waals surface area contributed by atoms with E-state index in [2.05, 4.69) is 0 Å². The number of anilines is 2. The molecular weight excluding hydrogens is 232 g/mol. The minimum atomic E-state index is -0.440. The standard InChI is InChI=1S/C10H9ClN2O3/c11-6-1-2-7(12)8(3-6)13-9(14)4-16-5-10(13)15/h1-3H,4-5,12H2. The van der Waals surface area contributed by atoms with Gasteiger partial charge in [-0.15, -0.1) is 0 Å². The second-order valence-corrected chi connectivity index (χ2v) is 3.76. The molecule has 84 valence electrons. The van der Waals surface area contributed by atoms with Gasteiger partial charge >= 0.3 is 0 Å². The molecule has 2 rings (SSSR count). The molecule has 16 heavy (non-hydrogen) atoms. The van der Waals surface area contributed by atoms with E-state index in [1.54, 1.807) is 12.1 Å². The van der Waals surface area contributed by atoms with Crippen molar-refractivity contribution < 1.29 is 14.3 Å². The number of ether oxygens (including phenoxy) is 1. The van der Waals surface area contributed by atoms with E-state index in [1.165, 1.54) is 6.07 Å². The van der Waals surface area contributed by atoms with E-state index in [4.69, 9.17) is 22.1 Å². The van der Waals surface area contributed by atoms with E-state index in [0.717, 1.165) is 4.90 Å². The third-order valence-corrected chi connectivity index (χ3v) is 2.42. The molecule has 0 atom stereocenters. The minimum Gasteiger partial charge on any atom is -0.397 e. The molecule has 1 aliphatic rings. The van der Waals surface area contributed by atoms with Crippen LogP contribution in [0.2, 0.25) is 5.02 Å². The van der Waals surface area contributed by atoms with Gasteiger partial charge < -0.3 is 10.5 Å². The Morgan fingerprint density at radius 1 is 1.25 bits per heavy atom. The third-order valence-electron chi connectivity index (χ3n) is 2.18. The number of nitrogens with zero attached hydrogens (tertiary/aromatic N) is 1. The van der Waals surface area contributed by atoms with E-state index < -0.39 is 11.8 Å². The summed E-state index contributed by atoms with van der Waals surface area (Å²) >= 11 is 5.80. The molecular formula is C10H9ClN2O3. The zero-order chi connectivity index (χ0) is 11.7. The lowest BCUT2D eigenvalue weighted by Crippen LogP contribution is -2.46. The Hall–Kier alpha value is -1.59. The van der Waals surface area contributed by atoms with Crippen LogP contribution in [-0.2, 0) is 14.3 Å². The summed E-state index contributed by atoms with van der Waals surface area (Å²) in [6.45, 7) is -0.255. The van der Waals surface area contributed by atoms with E-state index in [-0.39, 0.29) is 13.2 Å². The van der Waals surface area contributed by atoms with Crippen LogP contribution in [0.4, 0.5) is 11.4 Å². The van der Waals surface area contributed by atoms with Crippen molar-refractivity contribution in [2.24, 2.45) is 0 Å². The molecule has 0 radical (unpaired) electrons. The van der Waals surface area contributed by atoms with Crippen molar-refractivity contribution in [1.82, 2.24) is 0 Å². The molecule has 1 aromatic rings. The van der Waals surface area contributed by atoms with Gasteiger partial charge in [-0.05, 0) is 18.2 Å². The third kappa shape index (κ3) is 1.87. The zero-order valence-electron chi connectivity index (χ0n) is 8.27. The van der Waals surface area contributed by atoms with Crippen molar-refractivity contribution in [3.05, 3.63) is 23.2 Å². The fourth-order valence-corrected chi connectivity index (χ4v) is 1.64. The lowest BCUT2D eigenvalue weighted by molar-refractivity contribution is -0.138. The molecule has 5 nitrogen and oxygen atoms in total. The molecule has 2 N–H and O–H groups in total. The van der Waals surface area contributed by atoms with E-state index >= 15 is 0 Å². The highest BCUT2D eigenvalue weighted by Crippen LogP contribution is 2.28. The van der Waals surface area contributed by atoms with E-state index in [1.807, 2.05) is 0 Å². The molecule has 1 heterocycles. The van der Waals surface area contributed by atoms with Gasteiger partial charge in [-0.1, -0.05) is 11.6 Å². The molecule has 0 spiro atoms. The summed E-state index contributed by atoms with van der Waals surface area (Å²) < 4.78 is 4.80. The van der Waals surface area contributed by atoms with Gasteiger partial charge in [0, 0.05) is 5.02 Å². The predicted molar refractivity (Wildman–Crippen MR) is 59.2 cm³/mol. The number of hydrogen-bond donors (Lipinski definition) is 1. The van der Waals surface area contributed by atoms with Crippen molar-refractivity contribution in [1.29, 1.82) is 0 Å². The number of rotatable bonds is 1. The van der Waals surface area contributed by atoms with Crippen molar-refractivity contribution in [2.45, 2.75) is 0 Å². The van der Waals surface area contributed by atoms with Crippen LogP contribution in [0.3, 0.4) is 0 Å². The van der Waals surface area contributed by atoms with Crippen molar-refractivity contribution >= 4 is 34.8 Å². The van der Waals surface area contributed by atoms with Crippen LogP contribution in [-0.4, -0.2) is 25.0 Å². The maximum absolute atomic E-state index is 11.6. The van der Waals surface area contributed by atoms with E-state index in [9.17, 15) is 9.59 Å². The number of carbonyl (C=O) groups is 2. The number of morpholine rings is 1. The van der Waals surface area contributed by atoms with Crippen molar-refractivity contribution in [3.8, 4) is 0 Å². The highest BCUT2D eigenvalue weighted by molar-refractivity contribution is 6.31. The largest absolute Gasteiger partial charge is 0.397 e. The van der Waals surface area contributed by atoms with Gasteiger partial charge in [0.15, 0.2) is 0 Å². The fraction of sp³-hybridized carbons (Fsp3) is 0.200. The number of halogens is 1. The van der Waals surface area contributed by atoms with Crippen LogP contribution in [0.15, 0.2) is 18.2 Å². The van der Waals surface area contributed by atoms with Gasteiger partial charge in [0.05, 0.1) is 11.4 Å². The molecule has 1 aromatic carbocycles. The van der Waals surface area contributed by atoms with Crippen molar-refractivity contribution in [2.75, 3.05) is 23.8 Å². The molecule has 6 heteroatoms. The summed E-state index contributed by atoms with van der Waals surface area (Å²) in [5.74, 6) is -0.879. The number of benzene rings is 1. The summed E-state index contributed by atoms with van der Waals surface area (Å²) in [5, 5.41) is 0.413. The predicted octanol–water partition coefficient (Wildman–Crippen LogP) is 0.812. The van der Waals surface area contributed by atoms with Gasteiger partial charge in [0.1, 0.15) is 13.2 Å². The first-order valence-electron chi connectivity index (χ1n) is 4.58. The molecule has 2 amide bonds. The van der Waals surface area contributed by atoms with Crippen LogP contribution in [0.1, 0.15) is 0 Å². The molecule has 0 aliphatic carbocycles. The average Bonchev–Trinajstić information content (AvgIpc) is 2.23. The summed E-state index contributed by atoms with van der Waals surface area (Å²) in [6, 6.07) is 4.63. The van der Waals surface area contributed by atoms with Crippen LogP contribution in [0.25, 0.3) is 0 Å². The first kappa shape index (κ1) is 10.9. The van der Waals surface area contributed by atoms with Gasteiger partial charge in [0.25, 0.3) is 11.8 Å². The van der Waals surface area contributed by atoms with Crippen LogP contribution in [0.5, 0.6) is 0 Å². The van der Waals surface area contributed by atoms with Crippen molar-refractivity contribution in [3.63, 3.8) is 0 Å². The van der Waals surface area contributed by atoms with Gasteiger partial charge in [-0.2, -0.15) is 0 Å². The Morgan fingerprint density at radius 3 is 2.50 bits per heavy atom. The lowest BCUT2D eigenvalue weighted by Gasteiger charge is -2.26. The first-order valence-corrected chi connectivity index (χ1v) is 4.96. The molecule has 0 bridgehead atoms. The van der Waals surface area contributed by atoms with E-state index in [0.29, 0.717) is 16.4 Å². The number of imide groups is 1. The quantitative estimate of drug-likeness (QED) is 0.583. The van der Waals surface area contributed by atoms with Crippen LogP contribution >= 0.6 is 11.6 Å². The topological polar surface area (TPSA) is 72.6 Å². The minimum absolute atomic E-state index is 0.127. The summed E-state index contributed by atoms with van der Waals surface area (Å²) in [7, 11) is 0. The Bertz CT molecular complexity index is 445. The zero-order valence-corrected chi connectivity index (χ0v) is 9.03. The Balaban J connectivity index is 2.45. The molecule has 0 saturated carbocycles. The lowest BCUT2D eigenvalue weighted by atomic mass is 10.2. The first-order chi connectivity index (χ1) is 7.59. The smallest absolute Gasteiger partial charge is 0.259 e. The Kier molecular flexibility index (Phi) is 2.80. The van der Waals surface area contributed by atoms with Gasteiger partial charge in [-0.25, -0.2) is 4.90 Å². The summed E-state index contributed by atoms with van der Waals surface area (Å²) in [4.78, 5) is 24.1. The number of nitrogen functional groups attached to an aromatic ring is 1. The summed E-state index contributed by atoms with van der Waals surface area (Å²) in [6.07, 6.45) is 0. The number of carbonyl (C=O) groups excluding carboxylic acids is 2.